The molecule has 0 amide bonds. The van der Waals surface area contributed by atoms with E-state index in [2.05, 4.69) is 42.1 Å². The summed E-state index contributed by atoms with van der Waals surface area (Å²) in [6, 6.07) is 6.04. The van der Waals surface area contributed by atoms with Gasteiger partial charge in [0.2, 0.25) is 5.75 Å². The van der Waals surface area contributed by atoms with Gasteiger partial charge in [0, 0.05) is 7.05 Å². The average Bonchev–Trinajstić information content (AvgIpc) is 2.46. The van der Waals surface area contributed by atoms with Crippen molar-refractivity contribution in [2.24, 2.45) is 0 Å². The minimum Gasteiger partial charge on any atom is -0.489 e. The van der Waals surface area contributed by atoms with Gasteiger partial charge in [-0.2, -0.15) is 4.98 Å². The van der Waals surface area contributed by atoms with E-state index in [0.29, 0.717) is 23.4 Å². The zero-order valence-electron chi connectivity index (χ0n) is 13.1. The molecule has 112 valence electrons. The van der Waals surface area contributed by atoms with Crippen LogP contribution >= 0.6 is 0 Å². The van der Waals surface area contributed by atoms with E-state index in [0.717, 1.165) is 5.75 Å². The van der Waals surface area contributed by atoms with Crippen LogP contribution in [0.5, 0.6) is 17.4 Å². The maximum atomic E-state index is 5.84. The Labute approximate surface area is 125 Å². The van der Waals surface area contributed by atoms with Crippen LogP contribution in [0.25, 0.3) is 0 Å². The second-order valence-electron chi connectivity index (χ2n) is 5.09. The van der Waals surface area contributed by atoms with Gasteiger partial charge in [-0.15, -0.1) is 0 Å². The summed E-state index contributed by atoms with van der Waals surface area (Å²) in [6.45, 7) is 6.43. The first kappa shape index (κ1) is 15.1. The van der Waals surface area contributed by atoms with Crippen LogP contribution < -0.4 is 14.8 Å². The summed E-state index contributed by atoms with van der Waals surface area (Å²) in [4.78, 5) is 8.24. The Balaban J connectivity index is 2.32. The van der Waals surface area contributed by atoms with Gasteiger partial charge in [0.05, 0.1) is 7.11 Å². The molecule has 1 N–H and O–H groups in total. The van der Waals surface area contributed by atoms with Crippen LogP contribution in [0.15, 0.2) is 24.5 Å². The molecule has 0 radical (unpaired) electrons. The van der Waals surface area contributed by atoms with Crippen LogP contribution in [0.3, 0.4) is 0 Å². The standard InChI is InChI=1S/C16H21N3O2/c1-10(2)13-7-6-12(8-11(13)3)21-16-14(20-5)15(17-4)18-9-19-16/h6-10H,1-5H3,(H,17,18,19). The maximum absolute atomic E-state index is 5.84. The Bertz CT molecular complexity index is 627. The fraction of sp³-hybridized carbons (Fsp3) is 0.375. The van der Waals surface area contributed by atoms with Crippen molar-refractivity contribution < 1.29 is 9.47 Å². The highest BCUT2D eigenvalue weighted by Crippen LogP contribution is 2.34. The topological polar surface area (TPSA) is 56.3 Å². The molecule has 1 aromatic carbocycles. The molecule has 2 aromatic rings. The molecule has 0 unspecified atom stereocenters. The smallest absolute Gasteiger partial charge is 0.268 e. The molecule has 0 atom stereocenters. The number of aryl methyl sites for hydroxylation is 1. The zero-order chi connectivity index (χ0) is 15.4. The van der Waals surface area contributed by atoms with E-state index in [4.69, 9.17) is 9.47 Å². The molecule has 0 aliphatic rings. The van der Waals surface area contributed by atoms with E-state index in [1.165, 1.54) is 17.5 Å². The molecule has 1 heterocycles. The molecular weight excluding hydrogens is 266 g/mol. The van der Waals surface area contributed by atoms with Gasteiger partial charge in [-0.25, -0.2) is 4.98 Å². The fourth-order valence-electron chi connectivity index (χ4n) is 2.26. The van der Waals surface area contributed by atoms with Crippen LogP contribution in [-0.2, 0) is 0 Å². The van der Waals surface area contributed by atoms with Crippen molar-refractivity contribution in [1.82, 2.24) is 9.97 Å². The molecule has 0 spiro atoms. The van der Waals surface area contributed by atoms with Gasteiger partial charge >= 0.3 is 0 Å². The monoisotopic (exact) mass is 287 g/mol. The minimum atomic E-state index is 0.397. The summed E-state index contributed by atoms with van der Waals surface area (Å²) in [5.41, 5.74) is 2.51. The number of hydrogen-bond acceptors (Lipinski definition) is 5. The first-order valence-corrected chi connectivity index (χ1v) is 6.92. The highest BCUT2D eigenvalue weighted by molar-refractivity contribution is 5.55. The Kier molecular flexibility index (Phi) is 4.62. The summed E-state index contributed by atoms with van der Waals surface area (Å²) in [5, 5.41) is 2.95. The van der Waals surface area contributed by atoms with Crippen molar-refractivity contribution in [3.05, 3.63) is 35.7 Å². The van der Waals surface area contributed by atoms with Crippen molar-refractivity contribution in [1.29, 1.82) is 0 Å². The highest BCUT2D eigenvalue weighted by atomic mass is 16.5. The van der Waals surface area contributed by atoms with E-state index in [9.17, 15) is 0 Å². The summed E-state index contributed by atoms with van der Waals surface area (Å²) < 4.78 is 11.2. The molecule has 0 saturated heterocycles. The number of anilines is 1. The third-order valence-electron chi connectivity index (χ3n) is 3.29. The Morgan fingerprint density at radius 2 is 1.95 bits per heavy atom. The summed E-state index contributed by atoms with van der Waals surface area (Å²) >= 11 is 0. The minimum absolute atomic E-state index is 0.397. The Morgan fingerprint density at radius 3 is 2.52 bits per heavy atom. The summed E-state index contributed by atoms with van der Waals surface area (Å²) in [6.07, 6.45) is 1.44. The number of hydrogen-bond donors (Lipinski definition) is 1. The molecule has 2 rings (SSSR count). The van der Waals surface area contributed by atoms with Gasteiger partial charge < -0.3 is 14.8 Å². The van der Waals surface area contributed by atoms with Gasteiger partial charge in [0.1, 0.15) is 12.1 Å². The van der Waals surface area contributed by atoms with E-state index in [1.807, 2.05) is 12.1 Å². The SMILES string of the molecule is CNc1ncnc(Oc2ccc(C(C)C)c(C)c2)c1OC. The molecule has 0 saturated carbocycles. The fourth-order valence-corrected chi connectivity index (χ4v) is 2.26. The van der Waals surface area contributed by atoms with Crippen LogP contribution in [0.4, 0.5) is 5.82 Å². The Morgan fingerprint density at radius 1 is 1.19 bits per heavy atom. The maximum Gasteiger partial charge on any atom is 0.268 e. The van der Waals surface area contributed by atoms with Gasteiger partial charge in [-0.3, -0.25) is 0 Å². The Hall–Kier alpha value is -2.30. The second-order valence-corrected chi connectivity index (χ2v) is 5.09. The number of nitrogens with one attached hydrogen (secondary N) is 1. The number of methoxy groups -OCH3 is 1. The van der Waals surface area contributed by atoms with Crippen LogP contribution in [0.1, 0.15) is 30.9 Å². The molecule has 0 bridgehead atoms. The normalized spacial score (nSPS) is 10.6. The van der Waals surface area contributed by atoms with Crippen molar-refractivity contribution >= 4 is 5.82 Å². The zero-order valence-corrected chi connectivity index (χ0v) is 13.1. The predicted octanol–water partition coefficient (Wildman–Crippen LogP) is 3.75. The molecule has 21 heavy (non-hydrogen) atoms. The number of rotatable bonds is 5. The van der Waals surface area contributed by atoms with Crippen molar-refractivity contribution in [2.75, 3.05) is 19.5 Å². The largest absolute Gasteiger partial charge is 0.489 e. The lowest BCUT2D eigenvalue weighted by Gasteiger charge is -2.14. The molecule has 1 aromatic heterocycles. The first-order chi connectivity index (χ1) is 10.1. The highest BCUT2D eigenvalue weighted by Gasteiger charge is 2.14. The molecule has 0 aliphatic carbocycles. The molecule has 0 fully saturated rings. The van der Waals surface area contributed by atoms with Crippen LogP contribution in [0, 0.1) is 6.92 Å². The van der Waals surface area contributed by atoms with Crippen LogP contribution in [-0.4, -0.2) is 24.1 Å². The van der Waals surface area contributed by atoms with Gasteiger partial charge in [-0.1, -0.05) is 19.9 Å². The molecule has 5 heteroatoms. The van der Waals surface area contributed by atoms with Crippen LogP contribution in [0.2, 0.25) is 0 Å². The first-order valence-electron chi connectivity index (χ1n) is 6.92. The van der Waals surface area contributed by atoms with E-state index < -0.39 is 0 Å². The third-order valence-corrected chi connectivity index (χ3v) is 3.29. The summed E-state index contributed by atoms with van der Waals surface area (Å²) in [5.74, 6) is 2.71. The third kappa shape index (κ3) is 3.24. The van der Waals surface area contributed by atoms with E-state index >= 15 is 0 Å². The lowest BCUT2D eigenvalue weighted by atomic mass is 9.98. The number of benzene rings is 1. The van der Waals surface area contributed by atoms with Crippen molar-refractivity contribution in [2.45, 2.75) is 26.7 Å². The van der Waals surface area contributed by atoms with Crippen molar-refractivity contribution in [3.63, 3.8) is 0 Å². The molecule has 0 aliphatic heterocycles. The lowest BCUT2D eigenvalue weighted by molar-refractivity contribution is 0.369. The molecular formula is C16H21N3O2. The van der Waals surface area contributed by atoms with Gasteiger partial charge in [0.25, 0.3) is 5.88 Å². The van der Waals surface area contributed by atoms with E-state index in [-0.39, 0.29) is 0 Å². The summed E-state index contributed by atoms with van der Waals surface area (Å²) in [7, 11) is 3.34. The molecule has 5 nitrogen and oxygen atoms in total. The average molecular weight is 287 g/mol. The predicted molar refractivity (Wildman–Crippen MR) is 83.5 cm³/mol. The number of ether oxygens (including phenoxy) is 2. The number of aromatic nitrogens is 2. The van der Waals surface area contributed by atoms with E-state index in [1.54, 1.807) is 14.2 Å². The van der Waals surface area contributed by atoms with Crippen molar-refractivity contribution in [3.8, 4) is 17.4 Å². The second kappa shape index (κ2) is 6.43. The lowest BCUT2D eigenvalue weighted by Crippen LogP contribution is -2.01. The quantitative estimate of drug-likeness (QED) is 0.907. The van der Waals surface area contributed by atoms with Gasteiger partial charge in [0.15, 0.2) is 5.82 Å². The number of nitrogens with zero attached hydrogens (tertiary/aromatic N) is 2. The van der Waals surface area contributed by atoms with Gasteiger partial charge in [-0.05, 0) is 36.1 Å².